The highest BCUT2D eigenvalue weighted by Crippen LogP contribution is 2.28. The Balaban J connectivity index is 1.80. The van der Waals surface area contributed by atoms with Crippen molar-refractivity contribution in [2.45, 2.75) is 18.6 Å². The third-order valence-corrected chi connectivity index (χ3v) is 5.12. The predicted octanol–water partition coefficient (Wildman–Crippen LogP) is 3.81. The summed E-state index contributed by atoms with van der Waals surface area (Å²) < 4.78 is 6.80. The molecule has 0 aliphatic heterocycles. The first-order valence-corrected chi connectivity index (χ1v) is 9.65. The number of fused-ring (bicyclic) bond motifs is 1. The molecule has 6 nitrogen and oxygen atoms in total. The quantitative estimate of drug-likeness (QED) is 0.500. The summed E-state index contributed by atoms with van der Waals surface area (Å²) >= 11 is 7.19. The van der Waals surface area contributed by atoms with Crippen molar-refractivity contribution in [3.63, 3.8) is 0 Å². The molecule has 8 heteroatoms. The maximum atomic E-state index is 12.6. The zero-order chi connectivity index (χ0) is 19.4. The first-order chi connectivity index (χ1) is 13.0. The van der Waals surface area contributed by atoms with Crippen molar-refractivity contribution in [2.75, 3.05) is 18.2 Å². The minimum Gasteiger partial charge on any atom is -0.495 e. The molecule has 3 rings (SSSR count). The fourth-order valence-corrected chi connectivity index (χ4v) is 3.67. The van der Waals surface area contributed by atoms with Gasteiger partial charge in [0.15, 0.2) is 5.16 Å². The lowest BCUT2D eigenvalue weighted by atomic mass is 10.2. The van der Waals surface area contributed by atoms with E-state index in [1.807, 2.05) is 19.1 Å². The van der Waals surface area contributed by atoms with Gasteiger partial charge in [-0.1, -0.05) is 35.5 Å². The second-order valence-electron chi connectivity index (χ2n) is 5.64. The van der Waals surface area contributed by atoms with Crippen LogP contribution in [0.1, 0.15) is 6.92 Å². The van der Waals surface area contributed by atoms with Crippen molar-refractivity contribution in [3.05, 3.63) is 57.8 Å². The van der Waals surface area contributed by atoms with E-state index >= 15 is 0 Å². The van der Waals surface area contributed by atoms with Gasteiger partial charge in [-0.05, 0) is 37.3 Å². The summed E-state index contributed by atoms with van der Waals surface area (Å²) in [5.41, 5.74) is 1.00. The zero-order valence-corrected chi connectivity index (χ0v) is 16.4. The first-order valence-electron chi connectivity index (χ1n) is 8.29. The molecule has 0 aliphatic rings. The van der Waals surface area contributed by atoms with Crippen LogP contribution in [0.4, 0.5) is 5.69 Å². The molecule has 1 N–H and O–H groups in total. The van der Waals surface area contributed by atoms with Crippen LogP contribution in [0.15, 0.2) is 52.4 Å². The number of hydrogen-bond acceptors (Lipinski definition) is 5. The highest BCUT2D eigenvalue weighted by atomic mass is 35.5. The third kappa shape index (κ3) is 4.26. The molecular weight excluding hydrogens is 386 g/mol. The topological polar surface area (TPSA) is 73.2 Å². The van der Waals surface area contributed by atoms with Crippen LogP contribution in [-0.2, 0) is 11.3 Å². The van der Waals surface area contributed by atoms with Gasteiger partial charge < -0.3 is 10.1 Å². The molecule has 0 saturated carbocycles. The fourth-order valence-electron chi connectivity index (χ4n) is 2.63. The minimum absolute atomic E-state index is 0.0977. The summed E-state index contributed by atoms with van der Waals surface area (Å²) in [7, 11) is 1.52. The summed E-state index contributed by atoms with van der Waals surface area (Å²) in [6.07, 6.45) is 0. The molecule has 0 unspecified atom stereocenters. The molecule has 2 aromatic carbocycles. The van der Waals surface area contributed by atoms with Gasteiger partial charge in [0.05, 0.1) is 29.5 Å². The molecule has 27 heavy (non-hydrogen) atoms. The Hall–Kier alpha value is -2.51. The van der Waals surface area contributed by atoms with E-state index in [9.17, 15) is 9.59 Å². The SMILES string of the molecule is CCn1c(SCC(=O)Nc2cc(Cl)ccc2OC)nc2ccccc2c1=O. The van der Waals surface area contributed by atoms with Gasteiger partial charge in [0, 0.05) is 11.6 Å². The van der Waals surface area contributed by atoms with Crippen LogP contribution in [0.2, 0.25) is 5.02 Å². The van der Waals surface area contributed by atoms with E-state index in [2.05, 4.69) is 10.3 Å². The number of carbonyl (C=O) groups is 1. The number of anilines is 1. The maximum Gasteiger partial charge on any atom is 0.262 e. The molecule has 0 fully saturated rings. The number of nitrogens with one attached hydrogen (secondary N) is 1. The van der Waals surface area contributed by atoms with Crippen LogP contribution in [0.25, 0.3) is 10.9 Å². The molecule has 0 saturated heterocycles. The highest BCUT2D eigenvalue weighted by molar-refractivity contribution is 7.99. The van der Waals surface area contributed by atoms with Crippen molar-refractivity contribution >= 4 is 45.9 Å². The predicted molar refractivity (Wildman–Crippen MR) is 109 cm³/mol. The molecule has 1 amide bonds. The van der Waals surface area contributed by atoms with Gasteiger partial charge in [-0.3, -0.25) is 14.2 Å². The average Bonchev–Trinajstić information content (AvgIpc) is 2.67. The molecule has 0 atom stereocenters. The molecule has 1 aromatic heterocycles. The number of benzene rings is 2. The number of para-hydroxylation sites is 1. The van der Waals surface area contributed by atoms with E-state index in [1.54, 1.807) is 34.9 Å². The molecule has 140 valence electrons. The van der Waals surface area contributed by atoms with Crippen LogP contribution < -0.4 is 15.6 Å². The molecule has 3 aromatic rings. The number of aromatic nitrogens is 2. The molecule has 0 aliphatic carbocycles. The number of thioether (sulfide) groups is 1. The van der Waals surface area contributed by atoms with Gasteiger partial charge >= 0.3 is 0 Å². The maximum absolute atomic E-state index is 12.6. The number of rotatable bonds is 6. The summed E-state index contributed by atoms with van der Waals surface area (Å²) in [5, 5.41) is 4.35. The number of amides is 1. The van der Waals surface area contributed by atoms with E-state index in [-0.39, 0.29) is 17.2 Å². The Bertz CT molecular complexity index is 1050. The van der Waals surface area contributed by atoms with Crippen molar-refractivity contribution in [1.29, 1.82) is 0 Å². The molecule has 1 heterocycles. The van der Waals surface area contributed by atoms with Crippen LogP contribution in [-0.4, -0.2) is 28.3 Å². The van der Waals surface area contributed by atoms with E-state index in [0.717, 1.165) is 0 Å². The van der Waals surface area contributed by atoms with Gasteiger partial charge in [-0.25, -0.2) is 4.98 Å². The van der Waals surface area contributed by atoms with Crippen molar-refractivity contribution in [2.24, 2.45) is 0 Å². The second kappa shape index (κ2) is 8.45. The highest BCUT2D eigenvalue weighted by Gasteiger charge is 2.13. The van der Waals surface area contributed by atoms with Gasteiger partial charge in [0.1, 0.15) is 5.75 Å². The molecule has 0 radical (unpaired) electrons. The van der Waals surface area contributed by atoms with E-state index in [4.69, 9.17) is 16.3 Å². The zero-order valence-electron chi connectivity index (χ0n) is 14.9. The van der Waals surface area contributed by atoms with Gasteiger partial charge in [0.25, 0.3) is 5.56 Å². The normalized spacial score (nSPS) is 10.8. The van der Waals surface area contributed by atoms with Gasteiger partial charge in [0.2, 0.25) is 5.91 Å². The molecular formula is C19H18ClN3O3S. The van der Waals surface area contributed by atoms with Crippen LogP contribution in [0.3, 0.4) is 0 Å². The standard InChI is InChI=1S/C19H18ClN3O3S/c1-3-23-18(25)13-6-4-5-7-14(13)22-19(23)27-11-17(24)21-15-10-12(20)8-9-16(15)26-2/h4-10H,3,11H2,1-2H3,(H,21,24). The Morgan fingerprint density at radius 2 is 2.07 bits per heavy atom. The van der Waals surface area contributed by atoms with E-state index in [1.165, 1.54) is 18.9 Å². The second-order valence-corrected chi connectivity index (χ2v) is 7.02. The smallest absolute Gasteiger partial charge is 0.262 e. The lowest BCUT2D eigenvalue weighted by Gasteiger charge is -2.12. The lowest BCUT2D eigenvalue weighted by Crippen LogP contribution is -2.23. The van der Waals surface area contributed by atoms with Crippen LogP contribution in [0, 0.1) is 0 Å². The van der Waals surface area contributed by atoms with Crippen molar-refractivity contribution in [3.8, 4) is 5.75 Å². The lowest BCUT2D eigenvalue weighted by molar-refractivity contribution is -0.113. The number of carbonyl (C=O) groups excluding carboxylic acids is 1. The number of halogens is 1. The van der Waals surface area contributed by atoms with Crippen LogP contribution >= 0.6 is 23.4 Å². The Morgan fingerprint density at radius 3 is 2.81 bits per heavy atom. The summed E-state index contributed by atoms with van der Waals surface area (Å²) in [5.74, 6) is 0.373. The summed E-state index contributed by atoms with van der Waals surface area (Å²) in [6.45, 7) is 2.35. The average molecular weight is 404 g/mol. The Morgan fingerprint density at radius 1 is 1.30 bits per heavy atom. The first kappa shape index (κ1) is 19.3. The Labute approximate surface area is 165 Å². The van der Waals surface area contributed by atoms with Crippen molar-refractivity contribution in [1.82, 2.24) is 9.55 Å². The van der Waals surface area contributed by atoms with Gasteiger partial charge in [-0.15, -0.1) is 0 Å². The minimum atomic E-state index is -0.245. The number of hydrogen-bond donors (Lipinski definition) is 1. The summed E-state index contributed by atoms with van der Waals surface area (Å²) in [6, 6.07) is 12.2. The monoisotopic (exact) mass is 403 g/mol. The van der Waals surface area contributed by atoms with E-state index in [0.29, 0.717) is 39.1 Å². The number of nitrogens with zero attached hydrogens (tertiary/aromatic N) is 2. The van der Waals surface area contributed by atoms with Crippen molar-refractivity contribution < 1.29 is 9.53 Å². The largest absolute Gasteiger partial charge is 0.495 e. The third-order valence-electron chi connectivity index (χ3n) is 3.91. The number of ether oxygens (including phenoxy) is 1. The van der Waals surface area contributed by atoms with Crippen LogP contribution in [0.5, 0.6) is 5.75 Å². The number of methoxy groups -OCH3 is 1. The fraction of sp³-hybridized carbons (Fsp3) is 0.211. The molecule has 0 bridgehead atoms. The molecule has 0 spiro atoms. The van der Waals surface area contributed by atoms with E-state index < -0.39 is 0 Å². The Kier molecular flexibility index (Phi) is 6.03. The summed E-state index contributed by atoms with van der Waals surface area (Å²) in [4.78, 5) is 29.5. The van der Waals surface area contributed by atoms with Gasteiger partial charge in [-0.2, -0.15) is 0 Å².